The van der Waals surface area contributed by atoms with Crippen LogP contribution in [-0.4, -0.2) is 20.7 Å². The summed E-state index contributed by atoms with van der Waals surface area (Å²) in [4.78, 5) is 16.9. The smallest absolute Gasteiger partial charge is 0.253 e. The lowest BCUT2D eigenvalue weighted by Crippen LogP contribution is -2.26. The molecule has 1 aromatic carbocycles. The van der Waals surface area contributed by atoms with E-state index in [4.69, 9.17) is 0 Å². The standard InChI is InChI=1S/C21H24N4O/c1-13-6-8-18(9-7-13)16(4)23-21(26)19-10-11-20(22-12-19)25-17(5)14(2)15(3)24-25/h6-12,16H,1-5H3,(H,23,26)/t16-/m0/s1. The van der Waals surface area contributed by atoms with E-state index in [-0.39, 0.29) is 11.9 Å². The maximum Gasteiger partial charge on any atom is 0.253 e. The van der Waals surface area contributed by atoms with Crippen molar-refractivity contribution in [2.45, 2.75) is 40.7 Å². The van der Waals surface area contributed by atoms with Gasteiger partial charge in [0.1, 0.15) is 0 Å². The molecule has 0 unspecified atom stereocenters. The fraction of sp³-hybridized carbons (Fsp3) is 0.286. The number of hydrogen-bond acceptors (Lipinski definition) is 3. The first kappa shape index (κ1) is 17.9. The van der Waals surface area contributed by atoms with E-state index in [1.165, 1.54) is 5.56 Å². The summed E-state index contributed by atoms with van der Waals surface area (Å²) in [5.41, 5.74) is 6.00. The van der Waals surface area contributed by atoms with E-state index in [2.05, 4.69) is 15.4 Å². The summed E-state index contributed by atoms with van der Waals surface area (Å²) in [6, 6.07) is 11.7. The molecular formula is C21H24N4O. The van der Waals surface area contributed by atoms with Crippen LogP contribution in [0.25, 0.3) is 5.82 Å². The van der Waals surface area contributed by atoms with Crippen molar-refractivity contribution < 1.29 is 4.79 Å². The SMILES string of the molecule is Cc1ccc([C@H](C)NC(=O)c2ccc(-n3nc(C)c(C)c3C)nc2)cc1. The molecule has 3 rings (SSSR count). The van der Waals surface area contributed by atoms with Gasteiger partial charge in [0.25, 0.3) is 5.91 Å². The Kier molecular flexibility index (Phi) is 4.89. The van der Waals surface area contributed by atoms with Crippen molar-refractivity contribution in [2.24, 2.45) is 0 Å². The first-order chi connectivity index (χ1) is 12.4. The van der Waals surface area contributed by atoms with Crippen LogP contribution in [0.15, 0.2) is 42.6 Å². The quantitative estimate of drug-likeness (QED) is 0.775. The van der Waals surface area contributed by atoms with Gasteiger partial charge in [0.05, 0.1) is 17.3 Å². The predicted molar refractivity (Wildman–Crippen MR) is 103 cm³/mol. The summed E-state index contributed by atoms with van der Waals surface area (Å²) in [5, 5.41) is 7.52. The maximum atomic E-state index is 12.5. The van der Waals surface area contributed by atoms with Crippen LogP contribution in [0.2, 0.25) is 0 Å². The zero-order valence-corrected chi connectivity index (χ0v) is 15.9. The van der Waals surface area contributed by atoms with Crippen LogP contribution < -0.4 is 5.32 Å². The lowest BCUT2D eigenvalue weighted by atomic mass is 10.1. The number of hydrogen-bond donors (Lipinski definition) is 1. The van der Waals surface area contributed by atoms with Gasteiger partial charge in [-0.05, 0) is 57.9 Å². The van der Waals surface area contributed by atoms with E-state index in [9.17, 15) is 4.79 Å². The second-order valence-corrected chi connectivity index (χ2v) is 6.72. The lowest BCUT2D eigenvalue weighted by Gasteiger charge is -2.14. The number of aryl methyl sites for hydroxylation is 2. The average molecular weight is 348 g/mol. The van der Waals surface area contributed by atoms with Gasteiger partial charge in [0.15, 0.2) is 5.82 Å². The lowest BCUT2D eigenvalue weighted by molar-refractivity contribution is 0.0939. The van der Waals surface area contributed by atoms with Gasteiger partial charge in [-0.1, -0.05) is 29.8 Å². The number of carbonyl (C=O) groups excluding carboxylic acids is 1. The highest BCUT2D eigenvalue weighted by Gasteiger charge is 2.14. The monoisotopic (exact) mass is 348 g/mol. The fourth-order valence-electron chi connectivity index (χ4n) is 2.81. The van der Waals surface area contributed by atoms with E-state index >= 15 is 0 Å². The molecule has 1 amide bonds. The average Bonchev–Trinajstić information content (AvgIpc) is 2.89. The number of benzene rings is 1. The Bertz CT molecular complexity index is 924. The highest BCUT2D eigenvalue weighted by Crippen LogP contribution is 2.17. The molecule has 1 N–H and O–H groups in total. The molecule has 3 aromatic rings. The zero-order valence-electron chi connectivity index (χ0n) is 15.9. The van der Waals surface area contributed by atoms with Crippen LogP contribution in [0.3, 0.4) is 0 Å². The van der Waals surface area contributed by atoms with Crippen molar-refractivity contribution in [1.29, 1.82) is 0 Å². The Morgan fingerprint density at radius 2 is 1.73 bits per heavy atom. The molecule has 0 aliphatic rings. The Labute approximate surface area is 154 Å². The zero-order chi connectivity index (χ0) is 18.8. The first-order valence-electron chi connectivity index (χ1n) is 8.73. The molecule has 0 fully saturated rings. The summed E-state index contributed by atoms with van der Waals surface area (Å²) in [5.74, 6) is 0.573. The number of carbonyl (C=O) groups is 1. The van der Waals surface area contributed by atoms with Crippen LogP contribution >= 0.6 is 0 Å². The Balaban J connectivity index is 1.74. The topological polar surface area (TPSA) is 59.8 Å². The van der Waals surface area contributed by atoms with Crippen molar-refractivity contribution in [3.8, 4) is 5.82 Å². The fourth-order valence-corrected chi connectivity index (χ4v) is 2.81. The van der Waals surface area contributed by atoms with Gasteiger partial charge >= 0.3 is 0 Å². The predicted octanol–water partition coefficient (Wildman–Crippen LogP) is 3.99. The summed E-state index contributed by atoms with van der Waals surface area (Å²) < 4.78 is 1.81. The summed E-state index contributed by atoms with van der Waals surface area (Å²) in [6.07, 6.45) is 1.60. The second-order valence-electron chi connectivity index (χ2n) is 6.72. The Morgan fingerprint density at radius 3 is 2.27 bits per heavy atom. The Hall–Kier alpha value is -2.95. The van der Waals surface area contributed by atoms with Crippen LogP contribution in [0.1, 0.15) is 51.4 Å². The Morgan fingerprint density at radius 1 is 1.04 bits per heavy atom. The van der Waals surface area contributed by atoms with Gasteiger partial charge in [-0.15, -0.1) is 0 Å². The molecule has 26 heavy (non-hydrogen) atoms. The molecule has 1 atom stereocenters. The van der Waals surface area contributed by atoms with Crippen molar-refractivity contribution in [1.82, 2.24) is 20.1 Å². The minimum Gasteiger partial charge on any atom is -0.345 e. The molecule has 134 valence electrons. The van der Waals surface area contributed by atoms with Gasteiger partial charge in [-0.3, -0.25) is 4.79 Å². The van der Waals surface area contributed by atoms with Crippen LogP contribution in [-0.2, 0) is 0 Å². The molecule has 0 radical (unpaired) electrons. The van der Waals surface area contributed by atoms with Gasteiger partial charge in [0, 0.05) is 11.9 Å². The number of nitrogens with zero attached hydrogens (tertiary/aromatic N) is 3. The molecule has 2 heterocycles. The molecule has 0 saturated carbocycles. The van der Waals surface area contributed by atoms with Crippen molar-refractivity contribution >= 4 is 5.91 Å². The van der Waals surface area contributed by atoms with Crippen LogP contribution in [0.5, 0.6) is 0 Å². The number of rotatable bonds is 4. The third-order valence-electron chi connectivity index (χ3n) is 4.81. The molecule has 5 heteroatoms. The summed E-state index contributed by atoms with van der Waals surface area (Å²) >= 11 is 0. The minimum absolute atomic E-state index is 0.0681. The molecule has 2 aromatic heterocycles. The molecule has 0 bridgehead atoms. The minimum atomic E-state index is -0.137. The van der Waals surface area contributed by atoms with Gasteiger partial charge in [0.2, 0.25) is 0 Å². The molecule has 0 aliphatic heterocycles. The number of pyridine rings is 1. The summed E-state index contributed by atoms with van der Waals surface area (Å²) in [6.45, 7) is 10.1. The second kappa shape index (κ2) is 7.12. The third-order valence-corrected chi connectivity index (χ3v) is 4.81. The highest BCUT2D eigenvalue weighted by molar-refractivity contribution is 5.94. The largest absolute Gasteiger partial charge is 0.345 e. The van der Waals surface area contributed by atoms with E-state index < -0.39 is 0 Å². The van der Waals surface area contributed by atoms with Crippen LogP contribution in [0.4, 0.5) is 0 Å². The van der Waals surface area contributed by atoms with Crippen molar-refractivity contribution in [2.75, 3.05) is 0 Å². The number of amides is 1. The van der Waals surface area contributed by atoms with E-state index in [0.717, 1.165) is 22.5 Å². The van der Waals surface area contributed by atoms with Crippen molar-refractivity contribution in [3.05, 3.63) is 76.2 Å². The third kappa shape index (κ3) is 3.52. The van der Waals surface area contributed by atoms with Gasteiger partial charge < -0.3 is 5.32 Å². The highest BCUT2D eigenvalue weighted by atomic mass is 16.1. The van der Waals surface area contributed by atoms with E-state index in [0.29, 0.717) is 11.4 Å². The van der Waals surface area contributed by atoms with E-state index in [1.54, 1.807) is 16.9 Å². The normalized spacial score (nSPS) is 12.0. The maximum absolute atomic E-state index is 12.5. The van der Waals surface area contributed by atoms with Gasteiger partial charge in [-0.25, -0.2) is 9.67 Å². The molecular weight excluding hydrogens is 324 g/mol. The first-order valence-corrected chi connectivity index (χ1v) is 8.73. The van der Waals surface area contributed by atoms with E-state index in [1.807, 2.05) is 65.0 Å². The van der Waals surface area contributed by atoms with Gasteiger partial charge in [-0.2, -0.15) is 5.10 Å². The summed E-state index contributed by atoms with van der Waals surface area (Å²) in [7, 11) is 0. The number of nitrogens with one attached hydrogen (secondary N) is 1. The molecule has 5 nitrogen and oxygen atoms in total. The van der Waals surface area contributed by atoms with Crippen LogP contribution in [0, 0.1) is 27.7 Å². The molecule has 0 saturated heterocycles. The number of aromatic nitrogens is 3. The molecule has 0 aliphatic carbocycles. The van der Waals surface area contributed by atoms with Crippen molar-refractivity contribution in [3.63, 3.8) is 0 Å². The molecule has 0 spiro atoms.